The van der Waals surface area contributed by atoms with Crippen LogP contribution in [0, 0.1) is 0 Å². The van der Waals surface area contributed by atoms with Gasteiger partial charge in [-0.25, -0.2) is 9.59 Å². The van der Waals surface area contributed by atoms with Gasteiger partial charge < -0.3 is 9.47 Å². The molecule has 0 saturated heterocycles. The first-order chi connectivity index (χ1) is 9.64. The van der Waals surface area contributed by atoms with Crippen LogP contribution in [0.4, 0.5) is 0 Å². The molecule has 0 atom stereocenters. The van der Waals surface area contributed by atoms with E-state index in [4.69, 9.17) is 4.74 Å². The van der Waals surface area contributed by atoms with Crippen molar-refractivity contribution in [2.45, 2.75) is 26.4 Å². The van der Waals surface area contributed by atoms with Crippen molar-refractivity contribution in [3.63, 3.8) is 0 Å². The number of halogens is 2. The van der Waals surface area contributed by atoms with Crippen molar-refractivity contribution in [1.82, 2.24) is 0 Å². The standard InChI is InChI=1S/C15H16Br2O4/c1-15(2,3)21-13(18)6-5-10-11(16)7-9(8-12(10)17)14(19)20-4/h5-8H,1-4H3/b6-5-. The van der Waals surface area contributed by atoms with Crippen LogP contribution < -0.4 is 0 Å². The van der Waals surface area contributed by atoms with Crippen molar-refractivity contribution in [2.75, 3.05) is 7.11 Å². The van der Waals surface area contributed by atoms with Gasteiger partial charge in [-0.3, -0.25) is 0 Å². The molecule has 1 rings (SSSR count). The third-order valence-corrected chi connectivity index (χ3v) is 3.61. The number of carbonyl (C=O) groups is 2. The molecule has 0 heterocycles. The minimum absolute atomic E-state index is 0.408. The average molecular weight is 420 g/mol. The lowest BCUT2D eigenvalue weighted by Crippen LogP contribution is -2.22. The van der Waals surface area contributed by atoms with Crippen LogP contribution in [0.25, 0.3) is 6.08 Å². The summed E-state index contributed by atoms with van der Waals surface area (Å²) in [6.07, 6.45) is 2.96. The Morgan fingerprint density at radius 3 is 2.10 bits per heavy atom. The maximum atomic E-state index is 11.7. The van der Waals surface area contributed by atoms with Crippen LogP contribution in [0.2, 0.25) is 0 Å². The number of hydrogen-bond donors (Lipinski definition) is 0. The monoisotopic (exact) mass is 418 g/mol. The molecule has 6 heteroatoms. The van der Waals surface area contributed by atoms with Crippen LogP contribution in [0.3, 0.4) is 0 Å². The summed E-state index contributed by atoms with van der Waals surface area (Å²) in [6.45, 7) is 5.40. The van der Waals surface area contributed by atoms with Crippen molar-refractivity contribution in [2.24, 2.45) is 0 Å². The number of ether oxygens (including phenoxy) is 2. The van der Waals surface area contributed by atoms with Crippen LogP contribution >= 0.6 is 31.9 Å². The van der Waals surface area contributed by atoms with E-state index >= 15 is 0 Å². The van der Waals surface area contributed by atoms with E-state index in [1.54, 1.807) is 39.0 Å². The molecule has 0 bridgehead atoms. The Balaban J connectivity index is 3.00. The van der Waals surface area contributed by atoms with Gasteiger partial charge in [0, 0.05) is 20.6 Å². The number of methoxy groups -OCH3 is 1. The van der Waals surface area contributed by atoms with Gasteiger partial charge in [-0.05, 0) is 39.0 Å². The third kappa shape index (κ3) is 5.63. The molecule has 0 aliphatic carbocycles. The predicted molar refractivity (Wildman–Crippen MR) is 88.1 cm³/mol. The van der Waals surface area contributed by atoms with Gasteiger partial charge in [0.1, 0.15) is 5.60 Å². The first-order valence-electron chi connectivity index (χ1n) is 6.12. The highest BCUT2D eigenvalue weighted by molar-refractivity contribution is 9.11. The first-order valence-corrected chi connectivity index (χ1v) is 7.71. The summed E-state index contributed by atoms with van der Waals surface area (Å²) in [5.74, 6) is -0.864. The lowest BCUT2D eigenvalue weighted by atomic mass is 10.1. The third-order valence-electron chi connectivity index (χ3n) is 2.29. The second kappa shape index (κ2) is 7.22. The van der Waals surface area contributed by atoms with Crippen LogP contribution in [-0.4, -0.2) is 24.6 Å². The molecule has 0 spiro atoms. The van der Waals surface area contributed by atoms with Gasteiger partial charge in [0.15, 0.2) is 0 Å². The largest absolute Gasteiger partial charge is 0.465 e. The van der Waals surface area contributed by atoms with E-state index in [0.29, 0.717) is 14.5 Å². The van der Waals surface area contributed by atoms with E-state index in [9.17, 15) is 9.59 Å². The molecule has 0 fully saturated rings. The van der Waals surface area contributed by atoms with Crippen molar-refractivity contribution >= 4 is 49.9 Å². The Bertz CT molecular complexity index is 563. The van der Waals surface area contributed by atoms with E-state index in [0.717, 1.165) is 5.56 Å². The Hall–Kier alpha value is -1.14. The molecule has 0 unspecified atom stereocenters. The maximum absolute atomic E-state index is 11.7. The maximum Gasteiger partial charge on any atom is 0.337 e. The topological polar surface area (TPSA) is 52.6 Å². The molecule has 1 aromatic carbocycles. The smallest absolute Gasteiger partial charge is 0.337 e. The van der Waals surface area contributed by atoms with Gasteiger partial charge in [0.05, 0.1) is 12.7 Å². The van der Waals surface area contributed by atoms with E-state index in [-0.39, 0.29) is 0 Å². The van der Waals surface area contributed by atoms with Crippen molar-refractivity contribution in [3.8, 4) is 0 Å². The molecule has 0 aromatic heterocycles. The van der Waals surface area contributed by atoms with E-state index < -0.39 is 17.5 Å². The highest BCUT2D eigenvalue weighted by atomic mass is 79.9. The summed E-state index contributed by atoms with van der Waals surface area (Å²) in [6, 6.07) is 3.26. The normalized spacial score (nSPS) is 11.5. The second-order valence-electron chi connectivity index (χ2n) is 5.21. The van der Waals surface area contributed by atoms with Gasteiger partial charge in [-0.1, -0.05) is 31.9 Å². The number of esters is 2. The van der Waals surface area contributed by atoms with Gasteiger partial charge in [0.2, 0.25) is 0 Å². The first kappa shape index (κ1) is 17.9. The Labute approximate surface area is 140 Å². The lowest BCUT2D eigenvalue weighted by Gasteiger charge is -2.18. The lowest BCUT2D eigenvalue weighted by molar-refractivity contribution is -0.148. The van der Waals surface area contributed by atoms with Crippen LogP contribution in [0.5, 0.6) is 0 Å². The van der Waals surface area contributed by atoms with Gasteiger partial charge in [-0.15, -0.1) is 0 Å². The second-order valence-corrected chi connectivity index (χ2v) is 6.92. The van der Waals surface area contributed by atoms with Crippen LogP contribution in [0.1, 0.15) is 36.7 Å². The van der Waals surface area contributed by atoms with E-state index in [2.05, 4.69) is 36.6 Å². The zero-order valence-corrected chi connectivity index (χ0v) is 15.4. The van der Waals surface area contributed by atoms with E-state index in [1.165, 1.54) is 13.2 Å². The van der Waals surface area contributed by atoms with Crippen LogP contribution in [0.15, 0.2) is 27.2 Å². The molecule has 21 heavy (non-hydrogen) atoms. The number of benzene rings is 1. The molecular formula is C15H16Br2O4. The fourth-order valence-electron chi connectivity index (χ4n) is 1.47. The molecule has 4 nitrogen and oxygen atoms in total. The summed E-state index contributed by atoms with van der Waals surface area (Å²) < 4.78 is 11.2. The molecule has 0 aliphatic heterocycles. The predicted octanol–water partition coefficient (Wildman–Crippen LogP) is 4.35. The molecule has 114 valence electrons. The fourth-order valence-corrected chi connectivity index (χ4v) is 2.92. The summed E-state index contributed by atoms with van der Waals surface area (Å²) in [5, 5.41) is 0. The number of rotatable bonds is 3. The Kier molecular flexibility index (Phi) is 6.16. The zero-order chi connectivity index (χ0) is 16.2. The molecule has 0 radical (unpaired) electrons. The minimum Gasteiger partial charge on any atom is -0.465 e. The van der Waals surface area contributed by atoms with Crippen molar-refractivity contribution in [3.05, 3.63) is 38.3 Å². The van der Waals surface area contributed by atoms with Gasteiger partial charge in [0.25, 0.3) is 0 Å². The summed E-state index contributed by atoms with van der Waals surface area (Å²) in [5.41, 5.74) is 0.601. The average Bonchev–Trinajstić information content (AvgIpc) is 2.34. The number of hydrogen-bond acceptors (Lipinski definition) is 4. The summed E-state index contributed by atoms with van der Waals surface area (Å²) >= 11 is 6.73. The molecule has 0 saturated carbocycles. The molecule has 0 aliphatic rings. The van der Waals surface area contributed by atoms with Crippen LogP contribution in [-0.2, 0) is 14.3 Å². The molecule has 0 N–H and O–H groups in total. The fraction of sp³-hybridized carbons (Fsp3) is 0.333. The van der Waals surface area contributed by atoms with Gasteiger partial charge in [-0.2, -0.15) is 0 Å². The summed E-state index contributed by atoms with van der Waals surface area (Å²) in [4.78, 5) is 23.2. The van der Waals surface area contributed by atoms with Crippen molar-refractivity contribution < 1.29 is 19.1 Å². The Morgan fingerprint density at radius 2 is 1.67 bits per heavy atom. The zero-order valence-electron chi connectivity index (χ0n) is 12.2. The van der Waals surface area contributed by atoms with E-state index in [1.807, 2.05) is 0 Å². The highest BCUT2D eigenvalue weighted by Crippen LogP contribution is 2.29. The minimum atomic E-state index is -0.537. The number of carbonyl (C=O) groups excluding carboxylic acids is 2. The molecular weight excluding hydrogens is 404 g/mol. The van der Waals surface area contributed by atoms with Gasteiger partial charge >= 0.3 is 11.9 Å². The SMILES string of the molecule is COC(=O)c1cc(Br)c(/C=C\C(=O)OC(C)(C)C)c(Br)c1. The van der Waals surface area contributed by atoms with Crippen molar-refractivity contribution in [1.29, 1.82) is 0 Å². The quantitative estimate of drug-likeness (QED) is 0.539. The summed E-state index contributed by atoms with van der Waals surface area (Å²) in [7, 11) is 1.32. The Morgan fingerprint density at radius 1 is 1.14 bits per heavy atom. The molecule has 0 amide bonds. The highest BCUT2D eigenvalue weighted by Gasteiger charge is 2.15. The molecule has 1 aromatic rings.